The highest BCUT2D eigenvalue weighted by Crippen LogP contribution is 2.17. The molecule has 1 amide bonds. The maximum Gasteiger partial charge on any atom is 0.254 e. The fraction of sp³-hybridized carbons (Fsp3) is 0.273. The highest BCUT2D eigenvalue weighted by atomic mass is 16.2. The lowest BCUT2D eigenvalue weighted by atomic mass is 9.99. The first-order valence-electron chi connectivity index (χ1n) is 4.64. The first-order valence-corrected chi connectivity index (χ1v) is 4.64. The molecular weight excluding hydrogens is 178 g/mol. The highest BCUT2D eigenvalue weighted by Gasteiger charge is 2.22. The molecule has 0 bridgehead atoms. The summed E-state index contributed by atoms with van der Waals surface area (Å²) in [6, 6.07) is 7.56. The van der Waals surface area contributed by atoms with Crippen molar-refractivity contribution >= 4 is 12.2 Å². The van der Waals surface area contributed by atoms with Gasteiger partial charge in [0, 0.05) is 12.1 Å². The number of aldehydes is 1. The van der Waals surface area contributed by atoms with Crippen LogP contribution in [0.5, 0.6) is 0 Å². The van der Waals surface area contributed by atoms with E-state index in [0.29, 0.717) is 6.54 Å². The Balaban J connectivity index is 2.31. The first kappa shape index (κ1) is 8.94. The van der Waals surface area contributed by atoms with Gasteiger partial charge in [-0.15, -0.1) is 0 Å². The lowest BCUT2D eigenvalue weighted by molar-refractivity contribution is -0.108. The van der Waals surface area contributed by atoms with Crippen LogP contribution in [0, 0.1) is 0 Å². The summed E-state index contributed by atoms with van der Waals surface area (Å²) >= 11 is 0. The third-order valence-electron chi connectivity index (χ3n) is 2.48. The Morgan fingerprint density at radius 1 is 1.36 bits per heavy atom. The second kappa shape index (κ2) is 3.62. The summed E-state index contributed by atoms with van der Waals surface area (Å²) in [6.07, 6.45) is 1.61. The van der Waals surface area contributed by atoms with Crippen molar-refractivity contribution in [2.45, 2.75) is 6.42 Å². The Bertz CT molecular complexity index is 373. The topological polar surface area (TPSA) is 37.4 Å². The van der Waals surface area contributed by atoms with Gasteiger partial charge in [-0.25, -0.2) is 0 Å². The first-order chi connectivity index (χ1) is 6.83. The second-order valence-electron chi connectivity index (χ2n) is 3.32. The standard InChI is InChI=1S/C11H11NO2/c13-8-7-12-6-5-9-3-1-2-4-10(9)11(12)14/h1-4,8H,5-7H2. The maximum absolute atomic E-state index is 11.8. The van der Waals surface area contributed by atoms with E-state index in [9.17, 15) is 9.59 Å². The quantitative estimate of drug-likeness (QED) is 0.648. The molecular formula is C11H11NO2. The highest BCUT2D eigenvalue weighted by molar-refractivity contribution is 5.97. The van der Waals surface area contributed by atoms with Crippen molar-refractivity contribution in [3.8, 4) is 0 Å². The predicted octanol–water partition coefficient (Wildman–Crippen LogP) is 0.884. The summed E-state index contributed by atoms with van der Waals surface area (Å²) in [5, 5.41) is 0. The Labute approximate surface area is 82.3 Å². The maximum atomic E-state index is 11.8. The van der Waals surface area contributed by atoms with Crippen LogP contribution in [0.1, 0.15) is 15.9 Å². The molecule has 1 aromatic carbocycles. The molecule has 3 nitrogen and oxygen atoms in total. The monoisotopic (exact) mass is 189 g/mol. The lowest BCUT2D eigenvalue weighted by Crippen LogP contribution is -2.38. The normalized spacial score (nSPS) is 15.1. The van der Waals surface area contributed by atoms with Crippen molar-refractivity contribution in [3.05, 3.63) is 35.4 Å². The van der Waals surface area contributed by atoms with Gasteiger partial charge in [0.05, 0.1) is 6.54 Å². The van der Waals surface area contributed by atoms with Crippen LogP contribution < -0.4 is 0 Å². The number of hydrogen-bond donors (Lipinski definition) is 0. The molecule has 0 saturated carbocycles. The van der Waals surface area contributed by atoms with Gasteiger partial charge in [0.15, 0.2) is 0 Å². The number of hydrogen-bond acceptors (Lipinski definition) is 2. The third-order valence-corrected chi connectivity index (χ3v) is 2.48. The van der Waals surface area contributed by atoms with Gasteiger partial charge in [-0.1, -0.05) is 18.2 Å². The zero-order valence-corrected chi connectivity index (χ0v) is 7.77. The second-order valence-corrected chi connectivity index (χ2v) is 3.32. The molecule has 3 heteroatoms. The van der Waals surface area contributed by atoms with Crippen molar-refractivity contribution < 1.29 is 9.59 Å². The molecule has 0 radical (unpaired) electrons. The zero-order chi connectivity index (χ0) is 9.97. The van der Waals surface area contributed by atoms with Gasteiger partial charge in [0.25, 0.3) is 5.91 Å². The summed E-state index contributed by atoms with van der Waals surface area (Å²) in [6.45, 7) is 0.849. The summed E-state index contributed by atoms with van der Waals surface area (Å²) in [7, 11) is 0. The summed E-state index contributed by atoms with van der Waals surface area (Å²) < 4.78 is 0. The molecule has 0 spiro atoms. The van der Waals surface area contributed by atoms with E-state index in [0.717, 1.165) is 23.8 Å². The summed E-state index contributed by atoms with van der Waals surface area (Å²) in [4.78, 5) is 23.7. The van der Waals surface area contributed by atoms with E-state index in [1.54, 1.807) is 4.90 Å². The smallest absolute Gasteiger partial charge is 0.254 e. The van der Waals surface area contributed by atoms with E-state index in [-0.39, 0.29) is 12.5 Å². The van der Waals surface area contributed by atoms with Crippen molar-refractivity contribution in [3.63, 3.8) is 0 Å². The number of carbonyl (C=O) groups is 2. The molecule has 72 valence electrons. The fourth-order valence-electron chi connectivity index (χ4n) is 1.74. The number of nitrogens with zero attached hydrogens (tertiary/aromatic N) is 1. The van der Waals surface area contributed by atoms with E-state index >= 15 is 0 Å². The molecule has 1 aliphatic rings. The molecule has 1 aliphatic heterocycles. The number of amides is 1. The molecule has 0 aliphatic carbocycles. The van der Waals surface area contributed by atoms with E-state index < -0.39 is 0 Å². The third kappa shape index (κ3) is 1.41. The Hall–Kier alpha value is -1.64. The Kier molecular flexibility index (Phi) is 2.31. The van der Waals surface area contributed by atoms with Crippen LogP contribution in [0.4, 0.5) is 0 Å². The molecule has 2 rings (SSSR count). The molecule has 0 atom stereocenters. The summed E-state index contributed by atoms with van der Waals surface area (Å²) in [5.74, 6) is -0.0287. The van der Waals surface area contributed by atoms with Crippen LogP contribution in [0.25, 0.3) is 0 Å². The Morgan fingerprint density at radius 3 is 2.93 bits per heavy atom. The van der Waals surface area contributed by atoms with Gasteiger partial charge in [-0.3, -0.25) is 4.79 Å². The van der Waals surface area contributed by atoms with Crippen LogP contribution in [-0.2, 0) is 11.2 Å². The van der Waals surface area contributed by atoms with Crippen molar-refractivity contribution in [2.24, 2.45) is 0 Å². The molecule has 0 N–H and O–H groups in total. The van der Waals surface area contributed by atoms with Gasteiger partial charge in [-0.05, 0) is 18.1 Å². The predicted molar refractivity (Wildman–Crippen MR) is 52.1 cm³/mol. The zero-order valence-electron chi connectivity index (χ0n) is 7.77. The van der Waals surface area contributed by atoms with Crippen LogP contribution in [0.2, 0.25) is 0 Å². The molecule has 1 heterocycles. The average Bonchev–Trinajstić information content (AvgIpc) is 2.23. The van der Waals surface area contributed by atoms with Crippen LogP contribution in [-0.4, -0.2) is 30.2 Å². The van der Waals surface area contributed by atoms with E-state index in [1.165, 1.54) is 0 Å². The van der Waals surface area contributed by atoms with Crippen molar-refractivity contribution in [2.75, 3.05) is 13.1 Å². The SMILES string of the molecule is O=CCN1CCc2ccccc2C1=O. The van der Waals surface area contributed by atoms with E-state index in [1.807, 2.05) is 24.3 Å². The van der Waals surface area contributed by atoms with Crippen molar-refractivity contribution in [1.29, 1.82) is 0 Å². The molecule has 14 heavy (non-hydrogen) atoms. The number of benzene rings is 1. The minimum atomic E-state index is -0.0287. The fourth-order valence-corrected chi connectivity index (χ4v) is 1.74. The average molecular weight is 189 g/mol. The van der Waals surface area contributed by atoms with Gasteiger partial charge in [-0.2, -0.15) is 0 Å². The minimum absolute atomic E-state index is 0.0287. The largest absolute Gasteiger partial charge is 0.331 e. The van der Waals surface area contributed by atoms with E-state index in [2.05, 4.69) is 0 Å². The van der Waals surface area contributed by atoms with Gasteiger partial charge < -0.3 is 9.69 Å². The molecule has 0 aromatic heterocycles. The molecule has 0 unspecified atom stereocenters. The van der Waals surface area contributed by atoms with Crippen LogP contribution >= 0.6 is 0 Å². The lowest BCUT2D eigenvalue weighted by Gasteiger charge is -2.26. The van der Waals surface area contributed by atoms with Gasteiger partial charge >= 0.3 is 0 Å². The van der Waals surface area contributed by atoms with E-state index in [4.69, 9.17) is 0 Å². The molecule has 0 fully saturated rings. The summed E-state index contributed by atoms with van der Waals surface area (Å²) in [5.41, 5.74) is 1.82. The van der Waals surface area contributed by atoms with Crippen LogP contribution in [0.3, 0.4) is 0 Å². The number of rotatable bonds is 2. The van der Waals surface area contributed by atoms with Gasteiger partial charge in [0.2, 0.25) is 0 Å². The number of fused-ring (bicyclic) bond motifs is 1. The van der Waals surface area contributed by atoms with Crippen molar-refractivity contribution in [1.82, 2.24) is 4.90 Å². The molecule has 0 saturated heterocycles. The van der Waals surface area contributed by atoms with Crippen LogP contribution in [0.15, 0.2) is 24.3 Å². The minimum Gasteiger partial charge on any atom is -0.331 e. The number of carbonyl (C=O) groups excluding carboxylic acids is 2. The Morgan fingerprint density at radius 2 is 2.14 bits per heavy atom. The molecule has 1 aromatic rings. The van der Waals surface area contributed by atoms with Gasteiger partial charge in [0.1, 0.15) is 6.29 Å².